The Morgan fingerprint density at radius 2 is 1.90 bits per heavy atom. The topological polar surface area (TPSA) is 94.1 Å². The number of hydrogen-bond donors (Lipinski definition) is 1. The van der Waals surface area contributed by atoms with Gasteiger partial charge in [-0.05, 0) is 26.0 Å². The maximum atomic E-state index is 11.6. The predicted molar refractivity (Wildman–Crippen MR) is 81.5 cm³/mol. The highest BCUT2D eigenvalue weighted by molar-refractivity contribution is 7.89. The van der Waals surface area contributed by atoms with Crippen LogP contribution >= 0.6 is 0 Å². The molecule has 0 saturated carbocycles. The van der Waals surface area contributed by atoms with Gasteiger partial charge in [-0.2, -0.15) is 0 Å². The van der Waals surface area contributed by atoms with Crippen LogP contribution in [0.1, 0.15) is 19.9 Å². The molecule has 0 amide bonds. The van der Waals surface area contributed by atoms with E-state index in [-0.39, 0.29) is 11.2 Å². The highest BCUT2D eigenvalue weighted by Gasteiger charge is 2.23. The van der Waals surface area contributed by atoms with Gasteiger partial charge in [0.15, 0.2) is 5.82 Å². The second kappa shape index (κ2) is 5.45. The SMILES string of the molecule is CC(C)n1c(-c2cccc(N(C)C)c2)nnc1S(N)(=O)=O. The predicted octanol–water partition coefficient (Wildman–Crippen LogP) is 1.24. The molecule has 0 unspecified atom stereocenters. The van der Waals surface area contributed by atoms with Gasteiger partial charge in [0.1, 0.15) is 0 Å². The molecule has 0 fully saturated rings. The lowest BCUT2D eigenvalue weighted by Crippen LogP contribution is -2.20. The summed E-state index contributed by atoms with van der Waals surface area (Å²) < 4.78 is 24.8. The zero-order valence-corrected chi connectivity index (χ0v) is 13.3. The molecule has 0 spiro atoms. The van der Waals surface area contributed by atoms with Crippen molar-refractivity contribution >= 4 is 15.7 Å². The molecule has 0 bridgehead atoms. The maximum absolute atomic E-state index is 11.6. The van der Waals surface area contributed by atoms with Crippen molar-refractivity contribution in [3.8, 4) is 11.4 Å². The molecule has 7 nitrogen and oxygen atoms in total. The third kappa shape index (κ3) is 3.06. The molecule has 21 heavy (non-hydrogen) atoms. The first-order chi connectivity index (χ1) is 9.71. The summed E-state index contributed by atoms with van der Waals surface area (Å²) >= 11 is 0. The average Bonchev–Trinajstić information content (AvgIpc) is 2.83. The first-order valence-corrected chi connectivity index (χ1v) is 8.02. The lowest BCUT2D eigenvalue weighted by molar-refractivity contribution is 0.524. The fraction of sp³-hybridized carbons (Fsp3) is 0.385. The van der Waals surface area contributed by atoms with Gasteiger partial charge in [-0.3, -0.25) is 4.57 Å². The molecule has 0 atom stereocenters. The highest BCUT2D eigenvalue weighted by atomic mass is 32.2. The summed E-state index contributed by atoms with van der Waals surface area (Å²) in [4.78, 5) is 1.96. The van der Waals surface area contributed by atoms with Crippen LogP contribution in [-0.4, -0.2) is 37.3 Å². The van der Waals surface area contributed by atoms with E-state index in [0.29, 0.717) is 5.82 Å². The zero-order valence-electron chi connectivity index (χ0n) is 12.5. The van der Waals surface area contributed by atoms with E-state index in [0.717, 1.165) is 11.3 Å². The monoisotopic (exact) mass is 309 g/mol. The van der Waals surface area contributed by atoms with Crippen LogP contribution in [-0.2, 0) is 10.0 Å². The normalized spacial score (nSPS) is 11.9. The number of hydrogen-bond acceptors (Lipinski definition) is 5. The van der Waals surface area contributed by atoms with Crippen molar-refractivity contribution in [2.45, 2.75) is 25.0 Å². The molecule has 0 saturated heterocycles. The smallest absolute Gasteiger partial charge is 0.273 e. The summed E-state index contributed by atoms with van der Waals surface area (Å²) in [6.45, 7) is 3.72. The minimum absolute atomic E-state index is 0.133. The van der Waals surface area contributed by atoms with Crippen LogP contribution < -0.4 is 10.0 Å². The van der Waals surface area contributed by atoms with Crippen molar-refractivity contribution < 1.29 is 8.42 Å². The third-order valence-electron chi connectivity index (χ3n) is 3.06. The Bertz CT molecular complexity index is 750. The summed E-state index contributed by atoms with van der Waals surface area (Å²) in [6.07, 6.45) is 0. The second-order valence-electron chi connectivity index (χ2n) is 5.26. The molecule has 8 heteroatoms. The first-order valence-electron chi connectivity index (χ1n) is 6.47. The number of nitrogens with zero attached hydrogens (tertiary/aromatic N) is 4. The van der Waals surface area contributed by atoms with Crippen LogP contribution in [0.25, 0.3) is 11.4 Å². The Hall–Kier alpha value is -1.93. The van der Waals surface area contributed by atoms with Crippen molar-refractivity contribution in [3.63, 3.8) is 0 Å². The van der Waals surface area contributed by atoms with Crippen LogP contribution in [0.15, 0.2) is 29.4 Å². The van der Waals surface area contributed by atoms with Gasteiger partial charge in [0.05, 0.1) is 0 Å². The van der Waals surface area contributed by atoms with E-state index in [4.69, 9.17) is 5.14 Å². The van der Waals surface area contributed by atoms with Gasteiger partial charge in [0, 0.05) is 31.4 Å². The van der Waals surface area contributed by atoms with Gasteiger partial charge < -0.3 is 4.90 Å². The van der Waals surface area contributed by atoms with E-state index >= 15 is 0 Å². The minimum Gasteiger partial charge on any atom is -0.378 e. The summed E-state index contributed by atoms with van der Waals surface area (Å²) in [6, 6.07) is 7.51. The Morgan fingerprint density at radius 1 is 1.24 bits per heavy atom. The van der Waals surface area contributed by atoms with E-state index in [9.17, 15) is 8.42 Å². The molecule has 1 heterocycles. The summed E-state index contributed by atoms with van der Waals surface area (Å²) in [5.41, 5.74) is 1.78. The molecule has 0 aliphatic rings. The van der Waals surface area contributed by atoms with E-state index in [1.54, 1.807) is 0 Å². The van der Waals surface area contributed by atoms with Crippen LogP contribution in [0.2, 0.25) is 0 Å². The highest BCUT2D eigenvalue weighted by Crippen LogP contribution is 2.26. The van der Waals surface area contributed by atoms with Crippen LogP contribution in [0.4, 0.5) is 5.69 Å². The molecule has 0 aliphatic heterocycles. The average molecular weight is 309 g/mol. The van der Waals surface area contributed by atoms with Gasteiger partial charge in [0.2, 0.25) is 0 Å². The van der Waals surface area contributed by atoms with E-state index < -0.39 is 10.0 Å². The van der Waals surface area contributed by atoms with Crippen LogP contribution in [0.3, 0.4) is 0 Å². The Morgan fingerprint density at radius 3 is 2.43 bits per heavy atom. The van der Waals surface area contributed by atoms with Gasteiger partial charge in [-0.25, -0.2) is 13.6 Å². The van der Waals surface area contributed by atoms with Gasteiger partial charge >= 0.3 is 0 Å². The molecular formula is C13H19N5O2S. The van der Waals surface area contributed by atoms with Crippen LogP contribution in [0.5, 0.6) is 0 Å². The summed E-state index contributed by atoms with van der Waals surface area (Å²) in [5, 5.41) is 12.7. The van der Waals surface area contributed by atoms with Crippen molar-refractivity contribution in [1.29, 1.82) is 0 Å². The quantitative estimate of drug-likeness (QED) is 0.917. The van der Waals surface area contributed by atoms with Crippen molar-refractivity contribution in [1.82, 2.24) is 14.8 Å². The van der Waals surface area contributed by atoms with E-state index in [1.807, 2.05) is 57.1 Å². The van der Waals surface area contributed by atoms with Gasteiger partial charge in [0.25, 0.3) is 15.2 Å². The third-order valence-corrected chi connectivity index (χ3v) is 3.84. The lowest BCUT2D eigenvalue weighted by atomic mass is 10.1. The lowest BCUT2D eigenvalue weighted by Gasteiger charge is -2.15. The Balaban J connectivity index is 2.65. The fourth-order valence-corrected chi connectivity index (χ4v) is 2.78. The van der Waals surface area contributed by atoms with Gasteiger partial charge in [-0.1, -0.05) is 12.1 Å². The largest absolute Gasteiger partial charge is 0.378 e. The standard InChI is InChI=1S/C13H19N5O2S/c1-9(2)18-12(15-16-13(18)21(14,19)20)10-6-5-7-11(8-10)17(3)4/h5-9H,1-4H3,(H2,14,19,20). The second-order valence-corrected chi connectivity index (χ2v) is 6.71. The Kier molecular flexibility index (Phi) is 4.02. The van der Waals surface area contributed by atoms with Crippen molar-refractivity contribution in [2.24, 2.45) is 5.14 Å². The number of aromatic nitrogens is 3. The molecule has 0 aliphatic carbocycles. The zero-order chi connectivity index (χ0) is 15.8. The summed E-state index contributed by atoms with van der Waals surface area (Å²) in [7, 11) is -0.0480. The number of primary sulfonamides is 1. The molecule has 114 valence electrons. The Labute approximate surface area is 124 Å². The number of rotatable bonds is 4. The molecule has 2 rings (SSSR count). The number of nitrogens with two attached hydrogens (primary N) is 1. The number of sulfonamides is 1. The molecule has 0 radical (unpaired) electrons. The van der Waals surface area contributed by atoms with Crippen LogP contribution in [0, 0.1) is 0 Å². The van der Waals surface area contributed by atoms with E-state index in [1.165, 1.54) is 4.57 Å². The first kappa shape index (κ1) is 15.5. The maximum Gasteiger partial charge on any atom is 0.273 e. The molecule has 2 N–H and O–H groups in total. The summed E-state index contributed by atoms with van der Waals surface area (Å²) in [5.74, 6) is 0.484. The van der Waals surface area contributed by atoms with E-state index in [2.05, 4.69) is 10.2 Å². The van der Waals surface area contributed by atoms with Crippen molar-refractivity contribution in [2.75, 3.05) is 19.0 Å². The number of benzene rings is 1. The molecular weight excluding hydrogens is 290 g/mol. The molecule has 2 aromatic rings. The molecule has 1 aromatic heterocycles. The van der Waals surface area contributed by atoms with Gasteiger partial charge in [-0.15, -0.1) is 10.2 Å². The molecule has 1 aromatic carbocycles. The minimum atomic E-state index is -3.91. The van der Waals surface area contributed by atoms with Crippen molar-refractivity contribution in [3.05, 3.63) is 24.3 Å². The fourth-order valence-electron chi connectivity index (χ4n) is 2.06. The number of anilines is 1.